The number of carbonyl (C=O) groups is 1. The number of alkyl halides is 2. The molecular weight excluding hydrogens is 469 g/mol. The monoisotopic (exact) mass is 492 g/mol. The molecule has 1 amide bonds. The number of aromatic nitrogens is 1. The molecule has 2 aliphatic rings. The average molecular weight is 493 g/mol. The highest BCUT2D eigenvalue weighted by Gasteiger charge is 2.53. The number of hydrogen-bond donors (Lipinski definition) is 1. The molecule has 184 valence electrons. The van der Waals surface area contributed by atoms with Crippen LogP contribution in [0.25, 0.3) is 11.1 Å². The number of carbonyl (C=O) groups excluding carboxylic acids is 1. The Morgan fingerprint density at radius 2 is 1.78 bits per heavy atom. The van der Waals surface area contributed by atoms with Crippen LogP contribution in [0.2, 0.25) is 0 Å². The number of nitrogens with zero attached hydrogens (tertiary/aromatic N) is 5. The Balaban J connectivity index is 1.76. The van der Waals surface area contributed by atoms with Crippen LogP contribution in [0, 0.1) is 5.95 Å². The zero-order valence-electron chi connectivity index (χ0n) is 19.6. The maximum absolute atomic E-state index is 14.5. The van der Waals surface area contributed by atoms with Crippen molar-refractivity contribution in [2.75, 3.05) is 27.2 Å². The van der Waals surface area contributed by atoms with Gasteiger partial charge in [0, 0.05) is 31.4 Å². The van der Waals surface area contributed by atoms with Crippen LogP contribution >= 0.6 is 0 Å². The number of amidine groups is 1. The van der Waals surface area contributed by atoms with Crippen molar-refractivity contribution in [1.29, 1.82) is 0 Å². The molecule has 0 aliphatic carbocycles. The molecule has 3 heterocycles. The fraction of sp³-hybridized carbons (Fsp3) is 0.231. The molecule has 7 nitrogen and oxygen atoms in total. The Hall–Kier alpha value is -4.21. The first-order valence-electron chi connectivity index (χ1n) is 11.2. The van der Waals surface area contributed by atoms with E-state index in [4.69, 9.17) is 10.7 Å². The summed E-state index contributed by atoms with van der Waals surface area (Å²) in [6, 6.07) is 16.9. The number of nitrogens with two attached hydrogens (primary N) is 1. The first-order chi connectivity index (χ1) is 17.1. The van der Waals surface area contributed by atoms with Gasteiger partial charge < -0.3 is 10.6 Å². The van der Waals surface area contributed by atoms with Crippen LogP contribution in [0.1, 0.15) is 21.5 Å². The number of aliphatic imine (C=N–C) groups is 2. The number of amides is 1. The zero-order chi connectivity index (χ0) is 25.7. The van der Waals surface area contributed by atoms with Crippen LogP contribution in [0.5, 0.6) is 0 Å². The molecule has 0 saturated carbocycles. The molecule has 2 N–H and O–H groups in total. The standard InChI is InChI=1S/C26H23F3N6O/c1-34(2)22(36)17-7-4-9-19(13-17)26(23-32-14-25(28,29)15-35(23)24(30)33-26)18-8-3-6-16(12-18)20-10-5-11-31-21(20)27/h3-13H,14-15H2,1-2H3,(H2,30,33). The molecule has 0 bridgehead atoms. The molecule has 0 radical (unpaired) electrons. The summed E-state index contributed by atoms with van der Waals surface area (Å²) in [5.74, 6) is -3.85. The smallest absolute Gasteiger partial charge is 0.284 e. The Morgan fingerprint density at radius 3 is 2.50 bits per heavy atom. The Labute approximate surface area is 205 Å². The Bertz CT molecular complexity index is 1420. The largest absolute Gasteiger partial charge is 0.369 e. The van der Waals surface area contributed by atoms with Crippen molar-refractivity contribution >= 4 is 17.7 Å². The topological polar surface area (TPSA) is 87.2 Å². The number of benzene rings is 2. The molecule has 0 spiro atoms. The lowest BCUT2D eigenvalue weighted by molar-refractivity contribution is -0.00437. The first-order valence-corrected chi connectivity index (χ1v) is 11.2. The predicted molar refractivity (Wildman–Crippen MR) is 130 cm³/mol. The molecule has 36 heavy (non-hydrogen) atoms. The summed E-state index contributed by atoms with van der Waals surface area (Å²) < 4.78 is 43.1. The van der Waals surface area contributed by atoms with Crippen LogP contribution in [-0.4, -0.2) is 65.6 Å². The predicted octanol–water partition coefficient (Wildman–Crippen LogP) is 3.51. The first kappa shape index (κ1) is 23.5. The minimum absolute atomic E-state index is 0.115. The van der Waals surface area contributed by atoms with E-state index in [2.05, 4.69) is 9.98 Å². The number of guanidine groups is 1. The van der Waals surface area contributed by atoms with Crippen molar-refractivity contribution in [2.24, 2.45) is 15.7 Å². The Morgan fingerprint density at radius 1 is 1.06 bits per heavy atom. The van der Waals surface area contributed by atoms with E-state index < -0.39 is 30.5 Å². The third kappa shape index (κ3) is 3.78. The van der Waals surface area contributed by atoms with Crippen LogP contribution in [0.3, 0.4) is 0 Å². The maximum Gasteiger partial charge on any atom is 0.284 e. The summed E-state index contributed by atoms with van der Waals surface area (Å²) in [5.41, 5.74) is 7.02. The highest BCUT2D eigenvalue weighted by atomic mass is 19.3. The third-order valence-corrected chi connectivity index (χ3v) is 6.27. The SMILES string of the molecule is CN(C)C(=O)c1cccc(C2(c3cccc(-c4cccnc4F)c3)N=C(N)N3CC(F)(F)CN=C32)c1. The van der Waals surface area contributed by atoms with Gasteiger partial charge in [-0.3, -0.25) is 14.7 Å². The minimum Gasteiger partial charge on any atom is -0.369 e. The van der Waals surface area contributed by atoms with Crippen molar-refractivity contribution in [1.82, 2.24) is 14.8 Å². The fourth-order valence-corrected chi connectivity index (χ4v) is 4.62. The van der Waals surface area contributed by atoms with E-state index in [0.29, 0.717) is 22.3 Å². The third-order valence-electron chi connectivity index (χ3n) is 6.27. The van der Waals surface area contributed by atoms with E-state index in [1.807, 2.05) is 0 Å². The van der Waals surface area contributed by atoms with E-state index >= 15 is 0 Å². The van der Waals surface area contributed by atoms with Gasteiger partial charge in [0.05, 0.1) is 6.54 Å². The molecule has 5 rings (SSSR count). The lowest BCUT2D eigenvalue weighted by atomic mass is 9.80. The summed E-state index contributed by atoms with van der Waals surface area (Å²) in [7, 11) is 3.27. The Kier molecular flexibility index (Phi) is 5.54. The summed E-state index contributed by atoms with van der Waals surface area (Å²) in [4.78, 5) is 28.1. The highest BCUT2D eigenvalue weighted by Crippen LogP contribution is 2.44. The molecular formula is C26H23F3N6O. The maximum atomic E-state index is 14.5. The van der Waals surface area contributed by atoms with E-state index in [9.17, 15) is 18.0 Å². The van der Waals surface area contributed by atoms with Crippen molar-refractivity contribution in [2.45, 2.75) is 11.5 Å². The van der Waals surface area contributed by atoms with E-state index in [1.54, 1.807) is 74.8 Å². The lowest BCUT2D eigenvalue weighted by Gasteiger charge is -2.35. The second-order valence-corrected chi connectivity index (χ2v) is 8.97. The van der Waals surface area contributed by atoms with Gasteiger partial charge >= 0.3 is 0 Å². The number of fused-ring (bicyclic) bond motifs is 1. The van der Waals surface area contributed by atoms with Crippen molar-refractivity contribution < 1.29 is 18.0 Å². The second kappa shape index (κ2) is 8.47. The number of hydrogen-bond acceptors (Lipinski definition) is 6. The summed E-state index contributed by atoms with van der Waals surface area (Å²) in [5, 5.41) is 0. The second-order valence-electron chi connectivity index (χ2n) is 8.97. The van der Waals surface area contributed by atoms with E-state index in [1.165, 1.54) is 16.0 Å². The van der Waals surface area contributed by atoms with Crippen molar-refractivity contribution in [3.05, 3.63) is 89.5 Å². The summed E-state index contributed by atoms with van der Waals surface area (Å²) in [6.07, 6.45) is 1.36. The van der Waals surface area contributed by atoms with Crippen LogP contribution in [0.15, 0.2) is 76.8 Å². The van der Waals surface area contributed by atoms with Gasteiger partial charge in [-0.2, -0.15) is 4.39 Å². The molecule has 1 atom stereocenters. The fourth-order valence-electron chi connectivity index (χ4n) is 4.62. The minimum atomic E-state index is -3.08. The van der Waals surface area contributed by atoms with Crippen LogP contribution in [-0.2, 0) is 5.54 Å². The lowest BCUT2D eigenvalue weighted by Crippen LogP contribution is -2.53. The molecule has 10 heteroatoms. The van der Waals surface area contributed by atoms with Gasteiger partial charge in [0.15, 0.2) is 11.5 Å². The highest BCUT2D eigenvalue weighted by molar-refractivity contribution is 6.12. The normalized spacial score (nSPS) is 20.4. The van der Waals surface area contributed by atoms with Crippen molar-refractivity contribution in [3.8, 4) is 11.1 Å². The molecule has 1 aromatic heterocycles. The van der Waals surface area contributed by atoms with Gasteiger partial charge in [-0.1, -0.05) is 30.3 Å². The molecule has 1 unspecified atom stereocenters. The van der Waals surface area contributed by atoms with Gasteiger partial charge in [-0.05, 0) is 47.0 Å². The molecule has 2 aromatic carbocycles. The number of rotatable bonds is 4. The molecule has 2 aliphatic heterocycles. The van der Waals surface area contributed by atoms with E-state index in [-0.39, 0.29) is 23.3 Å². The number of halogens is 3. The van der Waals surface area contributed by atoms with Gasteiger partial charge in [-0.25, -0.2) is 18.8 Å². The van der Waals surface area contributed by atoms with Gasteiger partial charge in [0.2, 0.25) is 5.95 Å². The van der Waals surface area contributed by atoms with Crippen molar-refractivity contribution in [3.63, 3.8) is 0 Å². The number of pyridine rings is 1. The van der Waals surface area contributed by atoms with Gasteiger partial charge in [-0.15, -0.1) is 0 Å². The summed E-state index contributed by atoms with van der Waals surface area (Å²) in [6.45, 7) is -1.40. The van der Waals surface area contributed by atoms with Crippen LogP contribution in [0.4, 0.5) is 13.2 Å². The summed E-state index contributed by atoms with van der Waals surface area (Å²) >= 11 is 0. The quantitative estimate of drug-likeness (QED) is 0.565. The molecule has 0 fully saturated rings. The van der Waals surface area contributed by atoms with E-state index in [0.717, 1.165) is 0 Å². The van der Waals surface area contributed by atoms with Gasteiger partial charge in [0.25, 0.3) is 11.8 Å². The average Bonchev–Trinajstić information content (AvgIpc) is 3.15. The zero-order valence-corrected chi connectivity index (χ0v) is 19.6. The molecule has 3 aromatic rings. The molecule has 0 saturated heterocycles. The van der Waals surface area contributed by atoms with Gasteiger partial charge in [0.1, 0.15) is 12.4 Å². The van der Waals surface area contributed by atoms with Crippen LogP contribution < -0.4 is 5.73 Å².